The molecule has 2 aromatic carbocycles. The van der Waals surface area contributed by atoms with Crippen LogP contribution in [-0.2, 0) is 17.8 Å². The van der Waals surface area contributed by atoms with Gasteiger partial charge in [-0.3, -0.25) is 15.0 Å². The van der Waals surface area contributed by atoms with E-state index in [1.54, 1.807) is 11.6 Å². The van der Waals surface area contributed by atoms with Crippen LogP contribution < -0.4 is 5.32 Å². The number of rotatable bonds is 5. The van der Waals surface area contributed by atoms with Crippen LogP contribution in [0.1, 0.15) is 12.5 Å². The molecular weight excluding hydrogens is 302 g/mol. The Labute approximate surface area is 139 Å². The molecule has 24 heavy (non-hydrogen) atoms. The fourth-order valence-electron chi connectivity index (χ4n) is 2.55. The first-order valence-corrected chi connectivity index (χ1v) is 7.61. The molecular formula is C18H17N5O. The Hall–Kier alpha value is -3.20. The summed E-state index contributed by atoms with van der Waals surface area (Å²) in [5, 5.41) is 11.0. The van der Waals surface area contributed by atoms with E-state index in [-0.39, 0.29) is 18.9 Å². The molecule has 0 fully saturated rings. The van der Waals surface area contributed by atoms with Crippen molar-refractivity contribution in [3.8, 4) is 0 Å². The number of amides is 1. The van der Waals surface area contributed by atoms with Crippen LogP contribution in [0.5, 0.6) is 0 Å². The third-order valence-electron chi connectivity index (χ3n) is 3.74. The number of aromatic nitrogens is 3. The van der Waals surface area contributed by atoms with Crippen LogP contribution in [0, 0.1) is 6.57 Å². The quantitative estimate of drug-likeness (QED) is 0.735. The van der Waals surface area contributed by atoms with E-state index in [0.29, 0.717) is 0 Å². The fourth-order valence-corrected chi connectivity index (χ4v) is 2.55. The third kappa shape index (κ3) is 3.41. The van der Waals surface area contributed by atoms with Gasteiger partial charge in [-0.15, -0.1) is 5.10 Å². The molecule has 0 bridgehead atoms. The van der Waals surface area contributed by atoms with Crippen molar-refractivity contribution in [2.45, 2.75) is 25.6 Å². The molecule has 0 radical (unpaired) electrons. The van der Waals surface area contributed by atoms with Gasteiger partial charge in [-0.05, 0) is 17.7 Å². The van der Waals surface area contributed by atoms with Gasteiger partial charge in [0, 0.05) is 6.92 Å². The van der Waals surface area contributed by atoms with Crippen LogP contribution in [0.4, 0.5) is 0 Å². The standard InChI is InChI=1S/C18H17N5O/c1-18(19-2,20-17(24)12-14-8-4-3-5-9-14)13-23-16-11-7-6-10-15(16)21-22-23/h3-11H,12-13H2,1H3,(H,20,24). The lowest BCUT2D eigenvalue weighted by atomic mass is 10.1. The third-order valence-corrected chi connectivity index (χ3v) is 3.74. The molecule has 0 aliphatic carbocycles. The molecule has 1 N–H and O–H groups in total. The predicted molar refractivity (Wildman–Crippen MR) is 90.8 cm³/mol. The van der Waals surface area contributed by atoms with Gasteiger partial charge in [0.2, 0.25) is 5.91 Å². The molecule has 0 spiro atoms. The van der Waals surface area contributed by atoms with E-state index < -0.39 is 5.66 Å². The molecule has 3 rings (SSSR count). The predicted octanol–water partition coefficient (Wildman–Crippen LogP) is 2.43. The SMILES string of the molecule is [C-]#[N+]C(C)(Cn1nnc2ccccc21)NC(=O)Cc1ccccc1. The van der Waals surface area contributed by atoms with Gasteiger partial charge in [0.25, 0.3) is 0 Å². The number of benzene rings is 2. The van der Waals surface area contributed by atoms with Crippen molar-refractivity contribution in [3.05, 3.63) is 71.6 Å². The fraction of sp³-hybridized carbons (Fsp3) is 0.222. The first kappa shape index (κ1) is 15.7. The topological polar surface area (TPSA) is 64.2 Å². The molecule has 1 unspecified atom stereocenters. The average molecular weight is 319 g/mol. The molecule has 3 aromatic rings. The lowest BCUT2D eigenvalue weighted by Crippen LogP contribution is -2.47. The van der Waals surface area contributed by atoms with Crippen molar-refractivity contribution in [2.75, 3.05) is 0 Å². The summed E-state index contributed by atoms with van der Waals surface area (Å²) in [7, 11) is 0. The highest BCUT2D eigenvalue weighted by Crippen LogP contribution is 2.15. The maximum atomic E-state index is 12.3. The monoisotopic (exact) mass is 319 g/mol. The van der Waals surface area contributed by atoms with Crippen molar-refractivity contribution in [3.63, 3.8) is 0 Å². The number of fused-ring (bicyclic) bond motifs is 1. The summed E-state index contributed by atoms with van der Waals surface area (Å²) in [4.78, 5) is 15.9. The highest BCUT2D eigenvalue weighted by atomic mass is 16.1. The zero-order chi connectivity index (χ0) is 17.0. The zero-order valence-electron chi connectivity index (χ0n) is 13.3. The van der Waals surface area contributed by atoms with Crippen molar-refractivity contribution in [2.24, 2.45) is 0 Å². The second-order valence-corrected chi connectivity index (χ2v) is 5.83. The number of nitrogens with zero attached hydrogens (tertiary/aromatic N) is 4. The lowest BCUT2D eigenvalue weighted by molar-refractivity contribution is -0.121. The van der Waals surface area contributed by atoms with Gasteiger partial charge < -0.3 is 0 Å². The number of para-hydroxylation sites is 1. The molecule has 1 aromatic heterocycles. The minimum absolute atomic E-state index is 0.191. The molecule has 6 heteroatoms. The van der Waals surface area contributed by atoms with E-state index in [9.17, 15) is 4.79 Å². The molecule has 0 aliphatic rings. The van der Waals surface area contributed by atoms with E-state index in [4.69, 9.17) is 6.57 Å². The minimum Gasteiger partial charge on any atom is -0.285 e. The van der Waals surface area contributed by atoms with Crippen molar-refractivity contribution >= 4 is 16.9 Å². The molecule has 120 valence electrons. The summed E-state index contributed by atoms with van der Waals surface area (Å²) < 4.78 is 1.65. The Morgan fingerprint density at radius 2 is 1.92 bits per heavy atom. The Morgan fingerprint density at radius 3 is 2.67 bits per heavy atom. The lowest BCUT2D eigenvalue weighted by Gasteiger charge is -2.19. The second-order valence-electron chi connectivity index (χ2n) is 5.83. The van der Waals surface area contributed by atoms with E-state index in [1.165, 1.54) is 0 Å². The summed E-state index contributed by atoms with van der Waals surface area (Å²) >= 11 is 0. The number of hydrogen-bond acceptors (Lipinski definition) is 3. The second kappa shape index (κ2) is 6.50. The Balaban J connectivity index is 1.74. The van der Waals surface area contributed by atoms with Gasteiger partial charge in [-0.1, -0.05) is 47.7 Å². The van der Waals surface area contributed by atoms with Crippen LogP contribution in [0.2, 0.25) is 0 Å². The highest BCUT2D eigenvalue weighted by Gasteiger charge is 2.34. The van der Waals surface area contributed by atoms with Gasteiger partial charge in [-0.25, -0.2) is 11.3 Å². The molecule has 1 amide bonds. The maximum absolute atomic E-state index is 12.3. The van der Waals surface area contributed by atoms with Gasteiger partial charge in [0.1, 0.15) is 12.1 Å². The maximum Gasteiger partial charge on any atom is 0.324 e. The van der Waals surface area contributed by atoms with Gasteiger partial charge >= 0.3 is 5.66 Å². The largest absolute Gasteiger partial charge is 0.324 e. The smallest absolute Gasteiger partial charge is 0.285 e. The van der Waals surface area contributed by atoms with Crippen molar-refractivity contribution in [1.29, 1.82) is 0 Å². The van der Waals surface area contributed by atoms with Crippen molar-refractivity contribution in [1.82, 2.24) is 20.3 Å². The van der Waals surface area contributed by atoms with Crippen LogP contribution >= 0.6 is 0 Å². The van der Waals surface area contributed by atoms with Crippen LogP contribution in [-0.4, -0.2) is 26.6 Å². The molecule has 0 saturated heterocycles. The highest BCUT2D eigenvalue weighted by molar-refractivity contribution is 5.79. The molecule has 6 nitrogen and oxygen atoms in total. The first-order chi connectivity index (χ1) is 11.6. The van der Waals surface area contributed by atoms with E-state index >= 15 is 0 Å². The normalized spacial score (nSPS) is 13.2. The molecule has 1 heterocycles. The number of carbonyl (C=O) groups is 1. The molecule has 0 saturated carbocycles. The number of hydrogen-bond donors (Lipinski definition) is 1. The Bertz CT molecular complexity index is 896. The summed E-state index contributed by atoms with van der Waals surface area (Å²) in [6.07, 6.45) is 0.240. The van der Waals surface area contributed by atoms with E-state index in [1.807, 2.05) is 54.6 Å². The van der Waals surface area contributed by atoms with Gasteiger partial charge in [-0.2, -0.15) is 0 Å². The van der Waals surface area contributed by atoms with Crippen LogP contribution in [0.3, 0.4) is 0 Å². The number of carbonyl (C=O) groups excluding carboxylic acids is 1. The first-order valence-electron chi connectivity index (χ1n) is 7.61. The summed E-state index contributed by atoms with van der Waals surface area (Å²) in [6.45, 7) is 9.42. The zero-order valence-corrected chi connectivity index (χ0v) is 13.3. The van der Waals surface area contributed by atoms with Crippen LogP contribution in [0.25, 0.3) is 15.9 Å². The summed E-state index contributed by atoms with van der Waals surface area (Å²) in [6, 6.07) is 17.0. The van der Waals surface area contributed by atoms with Crippen molar-refractivity contribution < 1.29 is 4.79 Å². The molecule has 1 atom stereocenters. The van der Waals surface area contributed by atoms with Gasteiger partial charge in [0.15, 0.2) is 0 Å². The molecule has 0 aliphatic heterocycles. The van der Waals surface area contributed by atoms with Gasteiger partial charge in [0.05, 0.1) is 11.9 Å². The minimum atomic E-state index is -1.08. The average Bonchev–Trinajstić information content (AvgIpc) is 2.98. The summed E-state index contributed by atoms with van der Waals surface area (Å²) in [5.41, 5.74) is 1.43. The van der Waals surface area contributed by atoms with Crippen LogP contribution in [0.15, 0.2) is 54.6 Å². The Morgan fingerprint density at radius 1 is 1.21 bits per heavy atom. The number of nitrogens with one attached hydrogen (secondary N) is 1. The summed E-state index contributed by atoms with van der Waals surface area (Å²) in [5.74, 6) is -0.191. The van der Waals surface area contributed by atoms with E-state index in [0.717, 1.165) is 16.6 Å². The van der Waals surface area contributed by atoms with E-state index in [2.05, 4.69) is 20.5 Å². The Kier molecular flexibility index (Phi) is 4.25.